The molecule has 0 amide bonds. The second-order valence-corrected chi connectivity index (χ2v) is 7.23. The van der Waals surface area contributed by atoms with Gasteiger partial charge in [-0.2, -0.15) is 0 Å². The Morgan fingerprint density at radius 2 is 0.900 bits per heavy atom. The van der Waals surface area contributed by atoms with Gasteiger partial charge in [-0.1, -0.05) is 0 Å². The third-order valence-corrected chi connectivity index (χ3v) is 2.73. The molecule has 0 aromatic carbocycles. The molecule has 0 saturated carbocycles. The summed E-state index contributed by atoms with van der Waals surface area (Å²) >= 11 is 0. The van der Waals surface area contributed by atoms with Gasteiger partial charge in [0.1, 0.15) is 12.2 Å². The van der Waals surface area contributed by atoms with Crippen molar-refractivity contribution in [2.24, 2.45) is 0 Å². The lowest BCUT2D eigenvalue weighted by atomic mass is 10.0. The van der Waals surface area contributed by atoms with E-state index in [0.717, 1.165) is 11.1 Å². The van der Waals surface area contributed by atoms with Crippen molar-refractivity contribution < 1.29 is 19.6 Å². The van der Waals surface area contributed by atoms with Gasteiger partial charge in [-0.05, 0) is 80.4 Å². The maximum atomic E-state index is 5.43. The van der Waals surface area contributed by atoms with E-state index >= 15 is 0 Å². The Hall–Kier alpha value is -0.420. The van der Waals surface area contributed by atoms with E-state index in [9.17, 15) is 0 Å². The molecular formula is C16H32O4. The van der Waals surface area contributed by atoms with Crippen LogP contribution in [0, 0.1) is 0 Å². The fourth-order valence-corrected chi connectivity index (χ4v) is 1.22. The third kappa shape index (κ3) is 8.69. The zero-order valence-corrected chi connectivity index (χ0v) is 14.8. The van der Waals surface area contributed by atoms with E-state index < -0.39 is 0 Å². The van der Waals surface area contributed by atoms with Crippen molar-refractivity contribution in [1.29, 1.82) is 0 Å². The number of hydrogen-bond donors (Lipinski definition) is 0. The Morgan fingerprint density at radius 1 is 0.650 bits per heavy atom. The smallest absolute Gasteiger partial charge is 0.111 e. The van der Waals surface area contributed by atoms with Crippen molar-refractivity contribution in [2.45, 2.75) is 92.6 Å². The Labute approximate surface area is 124 Å². The maximum absolute atomic E-state index is 5.43. The summed E-state index contributed by atoms with van der Waals surface area (Å²) in [5, 5.41) is 0. The Kier molecular flexibility index (Phi) is 7.39. The average Bonchev–Trinajstić information content (AvgIpc) is 2.29. The van der Waals surface area contributed by atoms with Crippen LogP contribution < -0.4 is 0 Å². The third-order valence-electron chi connectivity index (χ3n) is 2.73. The average molecular weight is 288 g/mol. The van der Waals surface area contributed by atoms with Gasteiger partial charge in [0.05, 0.1) is 11.2 Å². The van der Waals surface area contributed by atoms with Gasteiger partial charge >= 0.3 is 0 Å². The Morgan fingerprint density at radius 3 is 1.10 bits per heavy atom. The monoisotopic (exact) mass is 288 g/mol. The van der Waals surface area contributed by atoms with Crippen molar-refractivity contribution in [3.8, 4) is 0 Å². The molecule has 2 atom stereocenters. The molecule has 0 N–H and O–H groups in total. The molecule has 0 aliphatic rings. The molecule has 0 radical (unpaired) electrons. The number of rotatable bonds is 6. The van der Waals surface area contributed by atoms with Gasteiger partial charge in [-0.15, -0.1) is 0 Å². The first kappa shape index (κ1) is 19.6. The van der Waals surface area contributed by atoms with Gasteiger partial charge in [-0.25, -0.2) is 19.6 Å². The second kappa shape index (κ2) is 7.55. The second-order valence-electron chi connectivity index (χ2n) is 7.23. The summed E-state index contributed by atoms with van der Waals surface area (Å²) in [6.07, 6.45) is -0.259. The molecule has 4 heteroatoms. The molecule has 0 heterocycles. The SMILES string of the molecule is CC(=C(C)C(C)OOC(C)(C)C)C(C)OOC(C)(C)C. The summed E-state index contributed by atoms with van der Waals surface area (Å²) in [5.41, 5.74) is 1.53. The minimum absolute atomic E-state index is 0.130. The normalized spacial score (nSPS) is 17.7. The molecule has 0 fully saturated rings. The quantitative estimate of drug-likeness (QED) is 0.407. The summed E-state index contributed by atoms with van der Waals surface area (Å²) in [5.74, 6) is 0. The maximum Gasteiger partial charge on any atom is 0.111 e. The minimum Gasteiger partial charge on any atom is -0.230 e. The van der Waals surface area contributed by atoms with Crippen molar-refractivity contribution in [3.05, 3.63) is 11.1 Å². The van der Waals surface area contributed by atoms with Crippen LogP contribution in [0.4, 0.5) is 0 Å². The lowest BCUT2D eigenvalue weighted by molar-refractivity contribution is -0.367. The highest BCUT2D eigenvalue weighted by Gasteiger charge is 2.20. The summed E-state index contributed by atoms with van der Waals surface area (Å²) < 4.78 is 0. The largest absolute Gasteiger partial charge is 0.230 e. The summed E-state index contributed by atoms with van der Waals surface area (Å²) in [6, 6.07) is 0. The molecule has 0 saturated heterocycles. The van der Waals surface area contributed by atoms with Crippen LogP contribution in [0.1, 0.15) is 69.2 Å². The highest BCUT2D eigenvalue weighted by Crippen LogP contribution is 2.20. The van der Waals surface area contributed by atoms with Gasteiger partial charge in [0, 0.05) is 0 Å². The molecular weight excluding hydrogens is 256 g/mol. The zero-order chi connectivity index (χ0) is 16.1. The van der Waals surface area contributed by atoms with Crippen molar-refractivity contribution in [1.82, 2.24) is 0 Å². The summed E-state index contributed by atoms with van der Waals surface area (Å²) in [7, 11) is 0. The molecule has 0 aromatic rings. The van der Waals surface area contributed by atoms with Gasteiger partial charge < -0.3 is 0 Å². The van der Waals surface area contributed by atoms with Crippen LogP contribution in [0.5, 0.6) is 0 Å². The van der Waals surface area contributed by atoms with Crippen LogP contribution in [0.3, 0.4) is 0 Å². The fourth-order valence-electron chi connectivity index (χ4n) is 1.22. The standard InChI is InChI=1S/C16H32O4/c1-11(13(3)17-19-15(5,6)7)12(2)14(4)18-20-16(8,9)10/h13-14H,1-10H3. The van der Waals surface area contributed by atoms with Crippen molar-refractivity contribution >= 4 is 0 Å². The highest BCUT2D eigenvalue weighted by molar-refractivity contribution is 5.16. The molecule has 0 rings (SSSR count). The predicted molar refractivity (Wildman–Crippen MR) is 81.1 cm³/mol. The Balaban J connectivity index is 4.55. The van der Waals surface area contributed by atoms with Crippen LogP contribution >= 0.6 is 0 Å². The van der Waals surface area contributed by atoms with Crippen LogP contribution in [0.2, 0.25) is 0 Å². The van der Waals surface area contributed by atoms with E-state index in [1.807, 2.05) is 69.2 Å². The van der Waals surface area contributed by atoms with Crippen LogP contribution in [-0.2, 0) is 19.6 Å². The van der Waals surface area contributed by atoms with Gasteiger partial charge in [0.15, 0.2) is 0 Å². The molecule has 20 heavy (non-hydrogen) atoms. The van der Waals surface area contributed by atoms with E-state index in [0.29, 0.717) is 0 Å². The molecule has 0 bridgehead atoms. The van der Waals surface area contributed by atoms with E-state index in [1.54, 1.807) is 0 Å². The highest BCUT2D eigenvalue weighted by atomic mass is 17.2. The van der Waals surface area contributed by atoms with Gasteiger partial charge in [-0.3, -0.25) is 0 Å². The summed E-state index contributed by atoms with van der Waals surface area (Å²) in [4.78, 5) is 21.6. The molecule has 0 aromatic heterocycles. The molecule has 0 aliphatic carbocycles. The minimum atomic E-state index is -0.320. The zero-order valence-electron chi connectivity index (χ0n) is 14.8. The van der Waals surface area contributed by atoms with Crippen LogP contribution in [0.25, 0.3) is 0 Å². The molecule has 0 spiro atoms. The van der Waals surface area contributed by atoms with Crippen molar-refractivity contribution in [3.63, 3.8) is 0 Å². The first-order valence-electron chi connectivity index (χ1n) is 7.20. The van der Waals surface area contributed by atoms with Crippen LogP contribution in [0.15, 0.2) is 11.1 Å². The van der Waals surface area contributed by atoms with Gasteiger partial charge in [0.2, 0.25) is 0 Å². The van der Waals surface area contributed by atoms with Gasteiger partial charge in [0.25, 0.3) is 0 Å². The van der Waals surface area contributed by atoms with Crippen LogP contribution in [-0.4, -0.2) is 23.4 Å². The van der Waals surface area contributed by atoms with E-state index in [4.69, 9.17) is 19.6 Å². The van der Waals surface area contributed by atoms with E-state index in [2.05, 4.69) is 0 Å². The van der Waals surface area contributed by atoms with Crippen molar-refractivity contribution in [2.75, 3.05) is 0 Å². The fraction of sp³-hybridized carbons (Fsp3) is 0.875. The lowest BCUT2D eigenvalue weighted by Crippen LogP contribution is -2.26. The summed E-state index contributed by atoms with van der Waals surface area (Å²) in [6.45, 7) is 19.7. The molecule has 2 unspecified atom stereocenters. The molecule has 0 aliphatic heterocycles. The first-order chi connectivity index (χ1) is 8.83. The predicted octanol–water partition coefficient (Wildman–Crippen LogP) is 4.59. The van der Waals surface area contributed by atoms with E-state index in [-0.39, 0.29) is 23.4 Å². The molecule has 120 valence electrons. The molecule has 4 nitrogen and oxygen atoms in total. The lowest BCUT2D eigenvalue weighted by Gasteiger charge is -2.25. The first-order valence-corrected chi connectivity index (χ1v) is 7.20. The Bertz CT molecular complexity index is 288. The van der Waals surface area contributed by atoms with E-state index in [1.165, 1.54) is 0 Å². The topological polar surface area (TPSA) is 36.9 Å². The number of hydrogen-bond acceptors (Lipinski definition) is 4.